The number of nitrogen functional groups attached to an aromatic ring is 1. The molecule has 4 heterocycles. The average molecular weight is 547 g/mol. The van der Waals surface area contributed by atoms with E-state index < -0.39 is 29.2 Å². The van der Waals surface area contributed by atoms with Crippen LogP contribution in [0.1, 0.15) is 17.7 Å². The number of carbonyl (C=O) groups excluding carboxylic acids is 2. The van der Waals surface area contributed by atoms with Crippen molar-refractivity contribution in [2.24, 2.45) is 5.16 Å². The van der Waals surface area contributed by atoms with Gasteiger partial charge in [0.2, 0.25) is 0 Å². The molecule has 0 unspecified atom stereocenters. The molecule has 4 N–H and O–H groups in total. The van der Waals surface area contributed by atoms with E-state index in [1.807, 2.05) is 6.92 Å². The van der Waals surface area contributed by atoms with Crippen molar-refractivity contribution in [1.29, 1.82) is 0 Å². The predicted molar refractivity (Wildman–Crippen MR) is 127 cm³/mol. The molecular formula is C19H19KN6O5S3. The van der Waals surface area contributed by atoms with Gasteiger partial charge < -0.3 is 22.4 Å². The summed E-state index contributed by atoms with van der Waals surface area (Å²) in [4.78, 5) is 52.7. The summed E-state index contributed by atoms with van der Waals surface area (Å²) < 4.78 is 0. The number of aromatic nitrogens is 2. The van der Waals surface area contributed by atoms with Crippen molar-refractivity contribution in [3.63, 3.8) is 0 Å². The minimum Gasteiger partial charge on any atom is -1.00 e. The maximum absolute atomic E-state index is 12.9. The van der Waals surface area contributed by atoms with Gasteiger partial charge in [0.25, 0.3) is 11.8 Å². The molecule has 15 heteroatoms. The summed E-state index contributed by atoms with van der Waals surface area (Å²) in [6, 6.07) is -0.913. The molecule has 2 aromatic heterocycles. The smallest absolute Gasteiger partial charge is 1.00 e. The number of fused-ring (bicyclic) bond motifs is 1. The fourth-order valence-electron chi connectivity index (χ4n) is 3.32. The summed E-state index contributed by atoms with van der Waals surface area (Å²) in [5.41, 5.74) is 8.68. The van der Waals surface area contributed by atoms with E-state index in [4.69, 9.17) is 10.6 Å². The number of amides is 2. The Morgan fingerprint density at radius 1 is 1.41 bits per heavy atom. The van der Waals surface area contributed by atoms with Crippen LogP contribution in [0.4, 0.5) is 5.13 Å². The quantitative estimate of drug-likeness (QED) is 0.161. The van der Waals surface area contributed by atoms with Gasteiger partial charge in [-0.15, -0.1) is 34.4 Å². The van der Waals surface area contributed by atoms with Crippen LogP contribution in [0.2, 0.25) is 0 Å². The second kappa shape index (κ2) is 11.4. The number of hydrogen-bond acceptors (Lipinski definition) is 11. The molecule has 174 valence electrons. The van der Waals surface area contributed by atoms with Crippen molar-refractivity contribution in [3.05, 3.63) is 44.5 Å². The third-order valence-corrected chi connectivity index (χ3v) is 7.74. The van der Waals surface area contributed by atoms with Crippen LogP contribution in [0, 0.1) is 6.92 Å². The van der Waals surface area contributed by atoms with E-state index in [2.05, 4.69) is 20.4 Å². The molecule has 1 saturated heterocycles. The second-order valence-corrected chi connectivity index (χ2v) is 9.75. The standard InChI is InChI=1S/C19H18N6O5S3.K.H/c1-8-11(33-7-21-8)4-3-9-5-31-17-13(16(27)25(17)14(9)18(28)29)23-15(26)12(24-30-2)10-6-32-19(20)22-10;;/h3-4,6-7,13,17H,5H2,1-2H3,(H2,20,22)(H,23,26)(H,28,29);;/q;+1;-1/t13-,17-;;/m1../s1. The number of hydrogen-bond donors (Lipinski definition) is 3. The molecule has 4 rings (SSSR count). The number of carboxylic acid groups (broad SMARTS) is 1. The molecule has 0 bridgehead atoms. The predicted octanol–water partition coefficient (Wildman–Crippen LogP) is -1.59. The van der Waals surface area contributed by atoms with Gasteiger partial charge in [-0.1, -0.05) is 11.2 Å². The monoisotopic (exact) mass is 546 g/mol. The fraction of sp³-hybridized carbons (Fsp3) is 0.263. The van der Waals surface area contributed by atoms with Gasteiger partial charge in [0.1, 0.15) is 29.9 Å². The molecule has 11 nitrogen and oxygen atoms in total. The molecule has 2 aromatic rings. The molecule has 2 atom stereocenters. The Labute approximate surface area is 250 Å². The maximum Gasteiger partial charge on any atom is 1.00 e. The van der Waals surface area contributed by atoms with Crippen LogP contribution in [-0.2, 0) is 19.2 Å². The summed E-state index contributed by atoms with van der Waals surface area (Å²) in [5.74, 6) is -2.04. The van der Waals surface area contributed by atoms with E-state index in [0.29, 0.717) is 11.3 Å². The molecule has 1 fully saturated rings. The summed E-state index contributed by atoms with van der Waals surface area (Å²) in [6.45, 7) is 1.86. The number of allylic oxidation sites excluding steroid dienone is 1. The van der Waals surface area contributed by atoms with E-state index in [1.165, 1.54) is 35.1 Å². The van der Waals surface area contributed by atoms with E-state index in [-0.39, 0.29) is 75.0 Å². The molecule has 0 aromatic carbocycles. The van der Waals surface area contributed by atoms with Crippen LogP contribution < -0.4 is 62.4 Å². The Balaban J connectivity index is 0.00000216. The Hall–Kier alpha value is -1.59. The van der Waals surface area contributed by atoms with Crippen LogP contribution in [-0.4, -0.2) is 67.7 Å². The van der Waals surface area contributed by atoms with Crippen molar-refractivity contribution in [3.8, 4) is 0 Å². The topological polar surface area (TPSA) is 160 Å². The Morgan fingerprint density at radius 3 is 2.76 bits per heavy atom. The van der Waals surface area contributed by atoms with Crippen LogP contribution >= 0.6 is 34.4 Å². The first-order chi connectivity index (χ1) is 15.8. The number of aliphatic carboxylic acids is 1. The summed E-state index contributed by atoms with van der Waals surface area (Å²) in [5, 5.41) is 17.4. The normalized spacial score (nSPS) is 20.0. The van der Waals surface area contributed by atoms with Crippen molar-refractivity contribution in [2.75, 3.05) is 18.6 Å². The summed E-state index contributed by atoms with van der Waals surface area (Å²) in [6.07, 6.45) is 3.49. The van der Waals surface area contributed by atoms with Crippen LogP contribution in [0.25, 0.3) is 6.08 Å². The number of β-lactam (4-membered cyclic amide) rings is 1. The number of oxime groups is 1. The van der Waals surface area contributed by atoms with E-state index in [9.17, 15) is 19.5 Å². The number of nitrogens with two attached hydrogens (primary N) is 1. The Bertz CT molecular complexity index is 1230. The van der Waals surface area contributed by atoms with E-state index >= 15 is 0 Å². The zero-order valence-electron chi connectivity index (χ0n) is 19.3. The number of nitrogens with one attached hydrogen (secondary N) is 1. The molecule has 0 saturated carbocycles. The van der Waals surface area contributed by atoms with Gasteiger partial charge in [-0.2, -0.15) is 0 Å². The van der Waals surface area contributed by atoms with Gasteiger partial charge in [0.15, 0.2) is 10.8 Å². The third-order valence-electron chi connectivity index (χ3n) is 4.87. The number of anilines is 1. The number of aryl methyl sites for hydroxylation is 1. The van der Waals surface area contributed by atoms with E-state index in [1.54, 1.807) is 23.0 Å². The molecular weight excluding hydrogens is 528 g/mol. The molecule has 2 aliphatic heterocycles. The van der Waals surface area contributed by atoms with Crippen molar-refractivity contribution >= 4 is 69.1 Å². The third kappa shape index (κ3) is 5.30. The van der Waals surface area contributed by atoms with Gasteiger partial charge >= 0.3 is 57.4 Å². The number of thiazole rings is 2. The van der Waals surface area contributed by atoms with Crippen molar-refractivity contribution in [2.45, 2.75) is 18.3 Å². The van der Waals surface area contributed by atoms with Crippen LogP contribution in [0.5, 0.6) is 0 Å². The number of carbonyl (C=O) groups is 3. The Morgan fingerprint density at radius 2 is 2.18 bits per heavy atom. The second-order valence-electron chi connectivity index (χ2n) is 6.87. The average Bonchev–Trinajstić information content (AvgIpc) is 3.40. The number of carboxylic acids is 1. The van der Waals surface area contributed by atoms with Gasteiger partial charge in [-0.25, -0.2) is 14.8 Å². The van der Waals surface area contributed by atoms with Crippen molar-refractivity contribution in [1.82, 2.24) is 20.2 Å². The summed E-state index contributed by atoms with van der Waals surface area (Å²) in [7, 11) is 1.28. The number of thioether (sulfide) groups is 1. The molecule has 0 radical (unpaired) electrons. The maximum atomic E-state index is 12.9. The van der Waals surface area contributed by atoms with E-state index in [0.717, 1.165) is 21.9 Å². The molecule has 2 amide bonds. The van der Waals surface area contributed by atoms with Gasteiger partial charge in [-0.05, 0) is 18.6 Å². The first-order valence-corrected chi connectivity index (χ1v) is 12.2. The van der Waals surface area contributed by atoms with Crippen LogP contribution in [0.3, 0.4) is 0 Å². The first-order valence-electron chi connectivity index (χ1n) is 9.44. The summed E-state index contributed by atoms with van der Waals surface area (Å²) >= 11 is 3.94. The zero-order chi connectivity index (χ0) is 23.7. The Kier molecular flexibility index (Phi) is 9.08. The number of rotatable bonds is 7. The van der Waals surface area contributed by atoms with Gasteiger partial charge in [-0.3, -0.25) is 14.5 Å². The van der Waals surface area contributed by atoms with Crippen molar-refractivity contribution < 1.29 is 77.1 Å². The first kappa shape index (κ1) is 27.0. The van der Waals surface area contributed by atoms with Gasteiger partial charge in [0.05, 0.1) is 11.2 Å². The molecule has 2 aliphatic rings. The van der Waals surface area contributed by atoms with Crippen LogP contribution in [0.15, 0.2) is 33.4 Å². The number of nitrogens with zero attached hydrogens (tertiary/aromatic N) is 4. The molecule has 34 heavy (non-hydrogen) atoms. The van der Waals surface area contributed by atoms with Gasteiger partial charge in [0, 0.05) is 16.0 Å². The fourth-order valence-corrected chi connectivity index (χ4v) is 5.88. The zero-order valence-corrected chi connectivity index (χ0v) is 23.9. The minimum absolute atomic E-state index is 0. The SMILES string of the molecule is CON=C(C(=O)N[C@@H]1C(=O)N2C(C(=O)O)=C(C=Cc3scnc3C)CS[C@H]12)c1csc(N)n1.[H-].[K+]. The largest absolute Gasteiger partial charge is 1.00 e. The minimum atomic E-state index is -1.21. The molecule has 0 spiro atoms. The molecule has 0 aliphatic carbocycles.